The van der Waals surface area contributed by atoms with Gasteiger partial charge in [-0.1, -0.05) is 24.3 Å². The molecule has 3 heterocycles. The number of aromatic nitrogens is 3. The van der Waals surface area contributed by atoms with Gasteiger partial charge in [-0.2, -0.15) is 0 Å². The second-order valence-corrected chi connectivity index (χ2v) is 8.63. The number of carbonyl (C=O) groups is 1. The van der Waals surface area contributed by atoms with Gasteiger partial charge < -0.3 is 5.32 Å². The highest BCUT2D eigenvalue weighted by Crippen LogP contribution is 2.37. The van der Waals surface area contributed by atoms with Crippen LogP contribution in [0.25, 0.3) is 11.2 Å². The molecule has 0 radical (unpaired) electrons. The Hall–Kier alpha value is -2.93. The van der Waals surface area contributed by atoms with Crippen molar-refractivity contribution in [3.63, 3.8) is 0 Å². The third kappa shape index (κ3) is 3.57. The Labute approximate surface area is 181 Å². The minimum absolute atomic E-state index is 0.0161. The average molecular weight is 420 g/mol. The molecule has 31 heavy (non-hydrogen) atoms. The third-order valence-corrected chi connectivity index (χ3v) is 6.95. The number of aryl methyl sites for hydroxylation is 1. The van der Waals surface area contributed by atoms with E-state index in [1.54, 1.807) is 17.8 Å². The smallest absolute Gasteiger partial charge is 0.331 e. The third-order valence-electron chi connectivity index (χ3n) is 6.95. The van der Waals surface area contributed by atoms with E-state index in [2.05, 4.69) is 39.5 Å². The molecule has 162 valence electrons. The van der Waals surface area contributed by atoms with Crippen molar-refractivity contribution in [1.29, 1.82) is 0 Å². The molecule has 2 aliphatic rings. The summed E-state index contributed by atoms with van der Waals surface area (Å²) < 4.78 is 3.37. The molecule has 1 atom stereocenters. The summed E-state index contributed by atoms with van der Waals surface area (Å²) in [5.74, 6) is -0.184. The average Bonchev–Trinajstić information content (AvgIpc) is 3.10. The van der Waals surface area contributed by atoms with Crippen LogP contribution >= 0.6 is 0 Å². The van der Waals surface area contributed by atoms with Crippen molar-refractivity contribution in [2.24, 2.45) is 0 Å². The molecule has 0 spiro atoms. The Kier molecular flexibility index (Phi) is 5.36. The lowest BCUT2D eigenvalue weighted by Crippen LogP contribution is -2.41. The normalized spacial score (nSPS) is 20.0. The summed E-state index contributed by atoms with van der Waals surface area (Å²) in [6.45, 7) is 1.94. The number of benzene rings is 1. The highest BCUT2D eigenvalue weighted by molar-refractivity contribution is 5.79. The maximum atomic E-state index is 13.3. The Balaban J connectivity index is 1.40. The molecule has 0 saturated carbocycles. The van der Waals surface area contributed by atoms with Gasteiger partial charge in [-0.25, -0.2) is 9.78 Å². The number of amides is 1. The molecule has 7 heteroatoms. The van der Waals surface area contributed by atoms with E-state index in [4.69, 9.17) is 0 Å². The lowest BCUT2D eigenvalue weighted by Gasteiger charge is -2.40. The van der Waals surface area contributed by atoms with E-state index in [0.29, 0.717) is 11.7 Å². The monoisotopic (exact) mass is 419 g/mol. The van der Waals surface area contributed by atoms with Crippen LogP contribution < -0.4 is 11.0 Å². The van der Waals surface area contributed by atoms with Crippen LogP contribution in [0.15, 0.2) is 47.4 Å². The van der Waals surface area contributed by atoms with Crippen molar-refractivity contribution in [3.8, 4) is 0 Å². The maximum absolute atomic E-state index is 13.3. The number of piperidine rings is 1. The molecule has 1 aliphatic heterocycles. The van der Waals surface area contributed by atoms with Crippen molar-refractivity contribution in [2.75, 3.05) is 20.1 Å². The van der Waals surface area contributed by atoms with E-state index in [1.165, 1.54) is 30.4 Å². The minimum Gasteiger partial charge on any atom is -0.358 e. The fourth-order valence-corrected chi connectivity index (χ4v) is 5.38. The maximum Gasteiger partial charge on any atom is 0.331 e. The number of rotatable bonds is 4. The summed E-state index contributed by atoms with van der Waals surface area (Å²) in [6, 6.07) is 13.1. The van der Waals surface area contributed by atoms with Crippen molar-refractivity contribution < 1.29 is 4.79 Å². The highest BCUT2D eigenvalue weighted by Gasteiger charge is 2.31. The van der Waals surface area contributed by atoms with Gasteiger partial charge in [0.25, 0.3) is 0 Å². The van der Waals surface area contributed by atoms with Gasteiger partial charge in [-0.05, 0) is 55.4 Å². The van der Waals surface area contributed by atoms with E-state index in [1.807, 2.05) is 16.7 Å². The van der Waals surface area contributed by atoms with Gasteiger partial charge in [0.15, 0.2) is 5.65 Å². The van der Waals surface area contributed by atoms with Crippen molar-refractivity contribution >= 4 is 17.1 Å². The summed E-state index contributed by atoms with van der Waals surface area (Å²) in [5.41, 5.74) is 4.23. The van der Waals surface area contributed by atoms with Crippen molar-refractivity contribution in [1.82, 2.24) is 24.3 Å². The molecule has 1 aliphatic carbocycles. The number of hydrogen-bond donors (Lipinski definition) is 1. The highest BCUT2D eigenvalue weighted by atomic mass is 16.2. The zero-order chi connectivity index (χ0) is 21.4. The van der Waals surface area contributed by atoms with Crippen LogP contribution in [0.4, 0.5) is 0 Å². The second kappa shape index (κ2) is 8.30. The number of nitrogens with one attached hydrogen (secondary N) is 1. The topological polar surface area (TPSA) is 72.2 Å². The predicted octanol–water partition coefficient (Wildman–Crippen LogP) is 2.66. The van der Waals surface area contributed by atoms with Crippen molar-refractivity contribution in [2.45, 2.75) is 50.7 Å². The van der Waals surface area contributed by atoms with Gasteiger partial charge in [0.2, 0.25) is 5.91 Å². The number of imidazole rings is 1. The molecule has 5 rings (SSSR count). The Morgan fingerprint density at radius 3 is 2.74 bits per heavy atom. The molecule has 1 fully saturated rings. The molecule has 1 unspecified atom stereocenters. The lowest BCUT2D eigenvalue weighted by atomic mass is 9.86. The van der Waals surface area contributed by atoms with E-state index in [-0.39, 0.29) is 24.2 Å². The molecule has 0 bridgehead atoms. The first-order valence-corrected chi connectivity index (χ1v) is 11.3. The first kappa shape index (κ1) is 20.0. The van der Waals surface area contributed by atoms with Gasteiger partial charge in [-0.3, -0.25) is 18.8 Å². The summed E-state index contributed by atoms with van der Waals surface area (Å²) in [6.07, 6.45) is 7.15. The van der Waals surface area contributed by atoms with E-state index < -0.39 is 0 Å². The van der Waals surface area contributed by atoms with Gasteiger partial charge in [0, 0.05) is 38.4 Å². The lowest BCUT2D eigenvalue weighted by molar-refractivity contribution is -0.121. The standard InChI is InChI=1S/C24H29N5O2/c1-25-22(30)16-28-21-10-5-13-26-23(21)29(24(28)31)18-11-14-27(15-12-18)20-9-4-7-17-6-2-3-8-19(17)20/h2-3,5-6,8,10,13,18,20H,4,7,9,11-12,14-16H2,1H3,(H,25,30). The molecule has 1 N–H and O–H groups in total. The Bertz CT molecular complexity index is 1160. The van der Waals surface area contributed by atoms with Crippen LogP contribution in [-0.2, 0) is 17.8 Å². The quantitative estimate of drug-likeness (QED) is 0.706. The zero-order valence-electron chi connectivity index (χ0n) is 18.0. The zero-order valence-corrected chi connectivity index (χ0v) is 18.0. The van der Waals surface area contributed by atoms with E-state index >= 15 is 0 Å². The molecular formula is C24H29N5O2. The van der Waals surface area contributed by atoms with Crippen LogP contribution in [0.3, 0.4) is 0 Å². The minimum atomic E-state index is -0.184. The number of hydrogen-bond acceptors (Lipinski definition) is 4. The summed E-state index contributed by atoms with van der Waals surface area (Å²) >= 11 is 0. The molecule has 3 aromatic rings. The number of pyridine rings is 1. The largest absolute Gasteiger partial charge is 0.358 e. The van der Waals surface area contributed by atoms with Crippen LogP contribution in [0, 0.1) is 0 Å². The molecular weight excluding hydrogens is 390 g/mol. The molecule has 1 amide bonds. The number of likely N-dealkylation sites (N-methyl/N-ethyl adjacent to an activating group) is 1. The second-order valence-electron chi connectivity index (χ2n) is 8.63. The summed E-state index contributed by atoms with van der Waals surface area (Å²) in [5, 5.41) is 2.61. The Morgan fingerprint density at radius 2 is 1.94 bits per heavy atom. The first-order valence-electron chi connectivity index (χ1n) is 11.3. The van der Waals surface area contributed by atoms with Gasteiger partial charge in [-0.15, -0.1) is 0 Å². The fraction of sp³-hybridized carbons (Fsp3) is 0.458. The number of carbonyl (C=O) groups excluding carboxylic acids is 1. The predicted molar refractivity (Wildman–Crippen MR) is 120 cm³/mol. The number of fused-ring (bicyclic) bond motifs is 2. The fourth-order valence-electron chi connectivity index (χ4n) is 5.38. The van der Waals surface area contributed by atoms with Crippen LogP contribution in [-0.4, -0.2) is 45.1 Å². The molecule has 7 nitrogen and oxygen atoms in total. The first-order chi connectivity index (χ1) is 15.2. The number of likely N-dealkylation sites (tertiary alicyclic amines) is 1. The molecule has 2 aromatic heterocycles. The SMILES string of the molecule is CNC(=O)Cn1c(=O)n(C2CCN(C3CCCc4ccccc43)CC2)c2ncccc21. The van der Waals surface area contributed by atoms with Crippen molar-refractivity contribution in [3.05, 3.63) is 64.2 Å². The van der Waals surface area contributed by atoms with Crippen LogP contribution in [0.2, 0.25) is 0 Å². The molecule has 1 saturated heterocycles. The summed E-state index contributed by atoms with van der Waals surface area (Å²) in [7, 11) is 1.59. The molecule has 1 aromatic carbocycles. The van der Waals surface area contributed by atoms with E-state index in [0.717, 1.165) is 31.4 Å². The van der Waals surface area contributed by atoms with Crippen LogP contribution in [0.5, 0.6) is 0 Å². The van der Waals surface area contributed by atoms with Crippen LogP contribution in [0.1, 0.15) is 48.9 Å². The summed E-state index contributed by atoms with van der Waals surface area (Å²) in [4.78, 5) is 32.4. The van der Waals surface area contributed by atoms with E-state index in [9.17, 15) is 9.59 Å². The van der Waals surface area contributed by atoms with Gasteiger partial charge in [0.1, 0.15) is 6.54 Å². The number of nitrogens with zero attached hydrogens (tertiary/aromatic N) is 4. The van der Waals surface area contributed by atoms with Gasteiger partial charge in [0.05, 0.1) is 5.52 Å². The Morgan fingerprint density at radius 1 is 1.13 bits per heavy atom. The van der Waals surface area contributed by atoms with Gasteiger partial charge >= 0.3 is 5.69 Å².